The Labute approximate surface area is 95.4 Å². The van der Waals surface area contributed by atoms with Crippen molar-refractivity contribution in [3.05, 3.63) is 0 Å². The summed E-state index contributed by atoms with van der Waals surface area (Å²) in [7, 11) is 0. The Kier molecular flexibility index (Phi) is 7.54. The molecule has 2 N–H and O–H groups in total. The molecule has 5 nitrogen and oxygen atoms in total. The molecule has 0 heterocycles. The Morgan fingerprint density at radius 3 is 2.31 bits per heavy atom. The molecule has 2 atom stereocenters. The van der Waals surface area contributed by atoms with Gasteiger partial charge in [0.25, 0.3) is 0 Å². The quantitative estimate of drug-likeness (QED) is 0.632. The van der Waals surface area contributed by atoms with Crippen LogP contribution in [0.25, 0.3) is 0 Å². The fourth-order valence-electron chi connectivity index (χ4n) is 1.36. The summed E-state index contributed by atoms with van der Waals surface area (Å²) in [6, 6.07) is 0. The van der Waals surface area contributed by atoms with Crippen molar-refractivity contribution >= 4 is 11.9 Å². The summed E-state index contributed by atoms with van der Waals surface area (Å²) in [6.07, 6.45) is 1.49. The fraction of sp³-hybridized carbons (Fsp3) is 0.818. The highest BCUT2D eigenvalue weighted by Crippen LogP contribution is 2.14. The van der Waals surface area contributed by atoms with Gasteiger partial charge in [-0.15, -0.1) is 0 Å². The second kappa shape index (κ2) is 8.10. The monoisotopic (exact) mass is 232 g/mol. The first-order chi connectivity index (χ1) is 7.47. The largest absolute Gasteiger partial charge is 0.481 e. The molecule has 0 aromatic carbocycles. The summed E-state index contributed by atoms with van der Waals surface area (Å²) in [5.74, 6) is -2.94. The molecule has 0 spiro atoms. The maximum atomic E-state index is 10.8. The van der Waals surface area contributed by atoms with Gasteiger partial charge < -0.3 is 14.9 Å². The summed E-state index contributed by atoms with van der Waals surface area (Å²) in [6.45, 7) is 4.52. The van der Waals surface area contributed by atoms with Gasteiger partial charge in [-0.1, -0.05) is 6.92 Å². The van der Waals surface area contributed by atoms with Crippen LogP contribution in [0, 0.1) is 5.92 Å². The molecule has 0 bridgehead atoms. The van der Waals surface area contributed by atoms with Gasteiger partial charge in [0.1, 0.15) is 0 Å². The number of rotatable bonds is 9. The zero-order valence-corrected chi connectivity index (χ0v) is 9.81. The molecule has 2 unspecified atom stereocenters. The lowest BCUT2D eigenvalue weighted by Crippen LogP contribution is -2.20. The summed E-state index contributed by atoms with van der Waals surface area (Å²) >= 11 is 0. The summed E-state index contributed by atoms with van der Waals surface area (Å²) in [5, 5.41) is 17.4. The van der Waals surface area contributed by atoms with Crippen LogP contribution >= 0.6 is 0 Å². The maximum absolute atomic E-state index is 10.8. The molecule has 0 aliphatic heterocycles. The van der Waals surface area contributed by atoms with Crippen LogP contribution in [0.1, 0.15) is 39.5 Å². The average Bonchev–Trinajstić information content (AvgIpc) is 2.20. The molecule has 0 aliphatic rings. The molecule has 0 rings (SSSR count). The van der Waals surface area contributed by atoms with E-state index in [4.69, 9.17) is 14.9 Å². The first kappa shape index (κ1) is 14.9. The van der Waals surface area contributed by atoms with Gasteiger partial charge in [0.15, 0.2) is 0 Å². The minimum atomic E-state index is -1.07. The van der Waals surface area contributed by atoms with Gasteiger partial charge in [-0.25, -0.2) is 0 Å². The molecular weight excluding hydrogens is 212 g/mol. The molecule has 94 valence electrons. The number of ether oxygens (including phenoxy) is 1. The molecular formula is C11H20O5. The minimum Gasteiger partial charge on any atom is -0.481 e. The normalized spacial score (nSPS) is 14.4. The molecule has 5 heteroatoms. The van der Waals surface area contributed by atoms with Crippen molar-refractivity contribution in [2.45, 2.75) is 45.6 Å². The van der Waals surface area contributed by atoms with E-state index in [9.17, 15) is 9.59 Å². The van der Waals surface area contributed by atoms with Crippen molar-refractivity contribution in [3.8, 4) is 0 Å². The highest BCUT2D eigenvalue weighted by atomic mass is 16.5. The van der Waals surface area contributed by atoms with Crippen molar-refractivity contribution in [1.29, 1.82) is 0 Å². The van der Waals surface area contributed by atoms with E-state index in [0.29, 0.717) is 19.4 Å². The number of carboxylic acid groups (broad SMARTS) is 2. The van der Waals surface area contributed by atoms with Gasteiger partial charge in [0.2, 0.25) is 0 Å². The topological polar surface area (TPSA) is 83.8 Å². The smallest absolute Gasteiger partial charge is 0.307 e. The lowest BCUT2D eigenvalue weighted by atomic mass is 9.98. The highest BCUT2D eigenvalue weighted by molar-refractivity contribution is 5.77. The molecule has 0 amide bonds. The van der Waals surface area contributed by atoms with Gasteiger partial charge in [-0.05, 0) is 26.2 Å². The lowest BCUT2D eigenvalue weighted by molar-refractivity contribution is -0.148. The van der Waals surface area contributed by atoms with E-state index in [1.807, 2.05) is 13.8 Å². The van der Waals surface area contributed by atoms with E-state index in [1.54, 1.807) is 0 Å². The van der Waals surface area contributed by atoms with E-state index in [-0.39, 0.29) is 12.5 Å². The number of hydrogen-bond donors (Lipinski definition) is 2. The molecule has 0 saturated heterocycles. The highest BCUT2D eigenvalue weighted by Gasteiger charge is 2.21. The standard InChI is InChI=1S/C11H20O5/c1-3-6-16-8(2)4-5-9(11(14)15)7-10(12)13/h8-9H,3-7H2,1-2H3,(H,12,13)(H,14,15). The molecule has 0 aromatic heterocycles. The van der Waals surface area contributed by atoms with Gasteiger partial charge >= 0.3 is 11.9 Å². The zero-order valence-electron chi connectivity index (χ0n) is 9.81. The number of carboxylic acids is 2. The summed E-state index contributed by atoms with van der Waals surface area (Å²) in [4.78, 5) is 21.2. The second-order valence-electron chi connectivity index (χ2n) is 3.89. The number of carbonyl (C=O) groups is 2. The molecule has 0 aliphatic carbocycles. The van der Waals surface area contributed by atoms with E-state index in [0.717, 1.165) is 6.42 Å². The van der Waals surface area contributed by atoms with Crippen LogP contribution in [0.2, 0.25) is 0 Å². The van der Waals surface area contributed by atoms with Crippen LogP contribution in [-0.4, -0.2) is 34.9 Å². The Balaban J connectivity index is 3.92. The Bertz CT molecular complexity index is 226. The Morgan fingerprint density at radius 2 is 1.88 bits per heavy atom. The van der Waals surface area contributed by atoms with Gasteiger partial charge in [0.05, 0.1) is 18.4 Å². The van der Waals surface area contributed by atoms with Crippen LogP contribution in [0.5, 0.6) is 0 Å². The first-order valence-electron chi connectivity index (χ1n) is 5.53. The lowest BCUT2D eigenvalue weighted by Gasteiger charge is -2.15. The third-order valence-corrected chi connectivity index (χ3v) is 2.30. The maximum Gasteiger partial charge on any atom is 0.307 e. The van der Waals surface area contributed by atoms with Crippen molar-refractivity contribution < 1.29 is 24.5 Å². The van der Waals surface area contributed by atoms with E-state index in [1.165, 1.54) is 0 Å². The van der Waals surface area contributed by atoms with Gasteiger partial charge in [-0.2, -0.15) is 0 Å². The average molecular weight is 232 g/mol. The summed E-state index contributed by atoms with van der Waals surface area (Å²) < 4.78 is 5.39. The van der Waals surface area contributed by atoms with Crippen molar-refractivity contribution in [3.63, 3.8) is 0 Å². The number of hydrogen-bond acceptors (Lipinski definition) is 3. The Hall–Kier alpha value is -1.10. The van der Waals surface area contributed by atoms with Gasteiger partial charge in [0, 0.05) is 6.61 Å². The molecule has 16 heavy (non-hydrogen) atoms. The van der Waals surface area contributed by atoms with Crippen LogP contribution in [0.3, 0.4) is 0 Å². The van der Waals surface area contributed by atoms with E-state index in [2.05, 4.69) is 0 Å². The van der Waals surface area contributed by atoms with Crippen LogP contribution in [-0.2, 0) is 14.3 Å². The molecule has 0 fully saturated rings. The molecule has 0 aromatic rings. The fourth-order valence-corrected chi connectivity index (χ4v) is 1.36. The third-order valence-electron chi connectivity index (χ3n) is 2.30. The Morgan fingerprint density at radius 1 is 1.25 bits per heavy atom. The van der Waals surface area contributed by atoms with Crippen LogP contribution < -0.4 is 0 Å². The second-order valence-corrected chi connectivity index (χ2v) is 3.89. The summed E-state index contributed by atoms with van der Waals surface area (Å²) in [5.41, 5.74) is 0. The van der Waals surface area contributed by atoms with E-state index < -0.39 is 17.9 Å². The van der Waals surface area contributed by atoms with Crippen molar-refractivity contribution in [1.82, 2.24) is 0 Å². The first-order valence-corrected chi connectivity index (χ1v) is 5.53. The molecule has 0 saturated carbocycles. The van der Waals surface area contributed by atoms with Crippen molar-refractivity contribution in [2.75, 3.05) is 6.61 Å². The van der Waals surface area contributed by atoms with Crippen molar-refractivity contribution in [2.24, 2.45) is 5.92 Å². The zero-order chi connectivity index (χ0) is 12.6. The minimum absolute atomic E-state index is 0.0180. The SMILES string of the molecule is CCCOC(C)CCC(CC(=O)O)C(=O)O. The molecule has 0 radical (unpaired) electrons. The van der Waals surface area contributed by atoms with Crippen LogP contribution in [0.4, 0.5) is 0 Å². The predicted molar refractivity (Wildman–Crippen MR) is 58.3 cm³/mol. The van der Waals surface area contributed by atoms with Gasteiger partial charge in [-0.3, -0.25) is 9.59 Å². The van der Waals surface area contributed by atoms with E-state index >= 15 is 0 Å². The number of aliphatic carboxylic acids is 2. The predicted octanol–water partition coefficient (Wildman–Crippen LogP) is 1.76. The third kappa shape index (κ3) is 7.23. The van der Waals surface area contributed by atoms with Crippen LogP contribution in [0.15, 0.2) is 0 Å².